The van der Waals surface area contributed by atoms with Crippen molar-refractivity contribution in [3.05, 3.63) is 132 Å². The molecule has 0 aliphatic carbocycles. The van der Waals surface area contributed by atoms with Crippen molar-refractivity contribution in [1.82, 2.24) is 0 Å². The molecule has 0 unspecified atom stereocenters. The average Bonchev–Trinajstić information content (AvgIpc) is 3.74. The normalized spacial score (nSPS) is 13.5. The monoisotopic (exact) mass is 764 g/mol. The second kappa shape index (κ2) is 21.8. The molecule has 51 heavy (non-hydrogen) atoms. The first-order valence-electron chi connectivity index (χ1n) is 14.7. The molecule has 4 aromatic rings. The third-order valence-electron chi connectivity index (χ3n) is 6.24. The van der Waals surface area contributed by atoms with Crippen LogP contribution in [0.1, 0.15) is 58.9 Å². The van der Waals surface area contributed by atoms with E-state index < -0.39 is 65.7 Å². The topological polar surface area (TPSA) is 141 Å². The van der Waals surface area contributed by atoms with E-state index >= 15 is 0 Å². The largest absolute Gasteiger partial charge is 1.00 e. The first-order chi connectivity index (χ1) is 23.5. The quantitative estimate of drug-likeness (QED) is 0.0578. The van der Waals surface area contributed by atoms with Crippen LogP contribution in [-0.4, -0.2) is 46.4 Å². The molecule has 270 valence electrons. The summed E-state index contributed by atoms with van der Waals surface area (Å²) in [6, 6.07) is 16.2. The van der Waals surface area contributed by atoms with E-state index in [2.05, 4.69) is 30.7 Å². The summed E-state index contributed by atoms with van der Waals surface area (Å²) in [5, 5.41) is 0. The molecule has 2 aliphatic heterocycles. The third kappa shape index (κ3) is 14.6. The van der Waals surface area contributed by atoms with Gasteiger partial charge in [0.25, 0.3) is 10.1 Å². The summed E-state index contributed by atoms with van der Waals surface area (Å²) in [5.41, 5.74) is -0.763. The van der Waals surface area contributed by atoms with Crippen molar-refractivity contribution in [2.75, 3.05) is 13.2 Å². The van der Waals surface area contributed by atoms with Crippen LogP contribution in [0.25, 0.3) is 0 Å². The third-order valence-corrected chi connectivity index (χ3v) is 8.78. The van der Waals surface area contributed by atoms with Gasteiger partial charge in [0.2, 0.25) is 0 Å². The van der Waals surface area contributed by atoms with Crippen molar-refractivity contribution in [1.29, 1.82) is 0 Å². The summed E-state index contributed by atoms with van der Waals surface area (Å²) in [7, 11) is -8.43. The molecular weight excluding hydrogens is 731 g/mol. The van der Waals surface area contributed by atoms with Gasteiger partial charge >= 0.3 is 34.9 Å². The first-order valence-corrected chi connectivity index (χ1v) is 18.0. The number of ether oxygens (including phenoxy) is 1. The van der Waals surface area contributed by atoms with Crippen LogP contribution in [0.5, 0.6) is 0 Å². The summed E-state index contributed by atoms with van der Waals surface area (Å²) in [5.74, 6) is -4.94. The average molecular weight is 765 g/mol. The molecule has 6 rings (SSSR count). The van der Waals surface area contributed by atoms with Gasteiger partial charge in [-0.25, -0.2) is 22.4 Å². The zero-order valence-electron chi connectivity index (χ0n) is 27.5. The molecule has 9 nitrogen and oxygen atoms in total. The van der Waals surface area contributed by atoms with Gasteiger partial charge in [-0.1, -0.05) is 37.6 Å². The Balaban J connectivity index is 0.000000356. The number of rotatable bonds is 4. The smallest absolute Gasteiger partial charge is 0.381 e. The van der Waals surface area contributed by atoms with Gasteiger partial charge in [-0.3, -0.25) is 9.35 Å². The Morgan fingerprint density at radius 2 is 1.39 bits per heavy atom. The zero-order chi connectivity index (χ0) is 37.5. The molecule has 0 amide bonds. The molecule has 0 spiro atoms. The van der Waals surface area contributed by atoms with Crippen LogP contribution in [0.2, 0.25) is 0 Å². The van der Waals surface area contributed by atoms with Crippen LogP contribution < -0.4 is 18.9 Å². The van der Waals surface area contributed by atoms with Crippen molar-refractivity contribution in [3.8, 4) is 0 Å². The molecule has 0 aromatic heterocycles. The Kier molecular flexibility index (Phi) is 19.4. The number of carbonyl (C=O) groups excluding carboxylic acids is 2. The first kappa shape index (κ1) is 45.5. The Morgan fingerprint density at radius 3 is 1.86 bits per heavy atom. The fourth-order valence-corrected chi connectivity index (χ4v) is 5.61. The Morgan fingerprint density at radius 1 is 0.863 bits per heavy atom. The Bertz CT molecular complexity index is 1980. The Labute approximate surface area is 311 Å². The van der Waals surface area contributed by atoms with E-state index in [1.54, 1.807) is 12.1 Å². The Hall–Kier alpha value is -3.49. The van der Waals surface area contributed by atoms with Gasteiger partial charge in [0.05, 0.1) is 11.1 Å². The van der Waals surface area contributed by atoms with Crippen molar-refractivity contribution in [3.63, 3.8) is 0 Å². The molecule has 1 N–H and O–H groups in total. The van der Waals surface area contributed by atoms with Crippen LogP contribution in [0, 0.1) is 30.2 Å². The van der Waals surface area contributed by atoms with Crippen molar-refractivity contribution >= 4 is 44.6 Å². The number of unbranched alkanes of at least 4 members (excludes halogenated alkanes) is 1. The number of hydrogen-bond donors (Lipinski definition) is 2. The fourth-order valence-electron chi connectivity index (χ4n) is 3.73. The van der Waals surface area contributed by atoms with Gasteiger partial charge < -0.3 is 15.8 Å². The molecule has 2 heterocycles. The van der Waals surface area contributed by atoms with Crippen molar-refractivity contribution in [2.24, 2.45) is 0 Å². The van der Waals surface area contributed by atoms with E-state index in [0.717, 1.165) is 56.0 Å². The van der Waals surface area contributed by atoms with E-state index in [1.807, 2.05) is 0 Å². The molecule has 1 saturated heterocycles. The number of ketones is 1. The van der Waals surface area contributed by atoms with E-state index in [-0.39, 0.29) is 39.8 Å². The molecule has 2 aliphatic rings. The minimum absolute atomic E-state index is 0. The van der Waals surface area contributed by atoms with Crippen LogP contribution in [0.3, 0.4) is 0 Å². The van der Waals surface area contributed by atoms with Gasteiger partial charge in [0.15, 0.2) is 5.78 Å². The van der Waals surface area contributed by atoms with Gasteiger partial charge in [0.1, 0.15) is 33.1 Å². The van der Waals surface area contributed by atoms with Gasteiger partial charge in [-0.15, -0.1) is 12.6 Å². The molecule has 0 saturated carbocycles. The summed E-state index contributed by atoms with van der Waals surface area (Å²) in [6.07, 6.45) is 4.83. The van der Waals surface area contributed by atoms with Crippen molar-refractivity contribution < 1.29 is 76.3 Å². The van der Waals surface area contributed by atoms with Crippen LogP contribution in [-0.2, 0) is 29.2 Å². The second-order valence-corrected chi connectivity index (χ2v) is 13.4. The van der Waals surface area contributed by atoms with E-state index in [1.165, 1.54) is 49.6 Å². The molecule has 0 atom stereocenters. The summed E-state index contributed by atoms with van der Waals surface area (Å²) in [4.78, 5) is 22.5. The summed E-state index contributed by atoms with van der Waals surface area (Å²) in [6.45, 7) is 7.72. The predicted molar refractivity (Wildman–Crippen MR) is 179 cm³/mol. The molecule has 17 heteroatoms. The number of thiol groups is 1. The predicted octanol–water partition coefficient (Wildman–Crippen LogP) is 4.66. The van der Waals surface area contributed by atoms with Crippen LogP contribution >= 0.6 is 12.6 Å². The maximum Gasteiger partial charge on any atom is 1.00 e. The molecule has 4 aromatic carbocycles. The van der Waals surface area contributed by atoms with E-state index in [0.29, 0.717) is 6.07 Å². The number of carbonyl (C=O) groups is 2. The fraction of sp³-hybridized carbons (Fsp3) is 0.206. The molecule has 0 bridgehead atoms. The van der Waals surface area contributed by atoms with E-state index in [4.69, 9.17) is 9.29 Å². The maximum atomic E-state index is 13.5. The SMILES string of the molecule is C1CCOC1.Fc1ccc(S)c(F)c1.O=C(c1ccc(F)cc1F)c1ccccc1S(=O)(=O)O.O=C1OS(=O)(=O)c2ccccc21.[CH2-]CCC.[Li+]. The van der Waals surface area contributed by atoms with Gasteiger partial charge in [-0.2, -0.15) is 23.3 Å². The van der Waals surface area contributed by atoms with Gasteiger partial charge in [-0.05, 0) is 61.4 Å². The summed E-state index contributed by atoms with van der Waals surface area (Å²) >= 11 is 3.70. The summed E-state index contributed by atoms with van der Waals surface area (Å²) < 4.78 is 113. The number of fused-ring (bicyclic) bond motifs is 1. The van der Waals surface area contributed by atoms with Crippen LogP contribution in [0.15, 0.2) is 99.6 Å². The second-order valence-electron chi connectivity index (χ2n) is 10.0. The number of hydrogen-bond acceptors (Lipinski definition) is 9. The zero-order valence-corrected chi connectivity index (χ0v) is 30.0. The standard InChI is InChI=1S/C13H8F2O4S.C7H4O4S.C6H4F2S.C4H8O.C4H9.Li/c14-8-5-6-9(11(15)7-8)13(16)10-3-1-2-4-12(10)20(17,18)19;8-7-5-3-1-2-4-6(5)12(9,10)11-7;7-4-1-2-6(9)5(8)3-4;1-2-4-5-3-1;1-3-4-2;/h1-7H,(H,17,18,19);1-4H;1-3,9H;1-4H2;1,3-4H2,2H3;/q;;;;-1;+1. The minimum Gasteiger partial charge on any atom is -0.381 e. The number of halogens is 4. The number of benzene rings is 4. The molecular formula is C34H33F4LiO9S3. The minimum atomic E-state index is -4.62. The van der Waals surface area contributed by atoms with Crippen LogP contribution in [0.4, 0.5) is 17.6 Å². The van der Waals surface area contributed by atoms with E-state index in [9.17, 15) is 44.0 Å². The van der Waals surface area contributed by atoms with Gasteiger partial charge in [0, 0.05) is 35.8 Å². The maximum absolute atomic E-state index is 13.5. The van der Waals surface area contributed by atoms with Crippen molar-refractivity contribution in [2.45, 2.75) is 47.3 Å². The molecule has 0 radical (unpaired) electrons. The molecule has 1 fully saturated rings.